The van der Waals surface area contributed by atoms with Crippen LogP contribution in [0.1, 0.15) is 29.1 Å². The Morgan fingerprint density at radius 1 is 1.42 bits per heavy atom. The Labute approximate surface area is 113 Å². The minimum Gasteiger partial charge on any atom is -0.342 e. The topological polar surface area (TPSA) is 70.7 Å². The predicted molar refractivity (Wildman–Crippen MR) is 74.1 cm³/mol. The van der Waals surface area contributed by atoms with E-state index in [1.807, 2.05) is 31.2 Å². The van der Waals surface area contributed by atoms with E-state index in [0.717, 1.165) is 16.9 Å². The molecule has 0 saturated heterocycles. The van der Waals surface area contributed by atoms with Crippen molar-refractivity contribution in [3.8, 4) is 0 Å². The van der Waals surface area contributed by atoms with Crippen LogP contribution in [0.5, 0.6) is 0 Å². The summed E-state index contributed by atoms with van der Waals surface area (Å²) in [6.07, 6.45) is 1.56. The molecule has 0 fully saturated rings. The fourth-order valence-electron chi connectivity index (χ4n) is 1.84. The van der Waals surface area contributed by atoms with Gasteiger partial charge >= 0.3 is 0 Å². The predicted octanol–water partition coefficient (Wildman–Crippen LogP) is 2.51. The van der Waals surface area contributed by atoms with Crippen LogP contribution < -0.4 is 5.32 Å². The van der Waals surface area contributed by atoms with Crippen molar-refractivity contribution in [2.24, 2.45) is 0 Å². The number of nitrogens with one attached hydrogen (secondary N) is 2. The van der Waals surface area contributed by atoms with Crippen LogP contribution in [0.15, 0.2) is 35.8 Å². The largest absolute Gasteiger partial charge is 0.342 e. The van der Waals surface area contributed by atoms with Crippen molar-refractivity contribution in [2.45, 2.75) is 13.0 Å². The summed E-state index contributed by atoms with van der Waals surface area (Å²) in [5.41, 5.74) is 2.44. The number of H-pyrrole nitrogens is 1. The lowest BCUT2D eigenvalue weighted by atomic mass is 10.3. The molecule has 19 heavy (non-hydrogen) atoms. The van der Waals surface area contributed by atoms with E-state index in [1.54, 1.807) is 11.6 Å². The number of amides is 1. The van der Waals surface area contributed by atoms with Gasteiger partial charge in [0.05, 0.1) is 28.8 Å². The quantitative estimate of drug-likeness (QED) is 0.769. The molecule has 2 N–H and O–H groups in total. The minimum atomic E-state index is -0.181. The maximum atomic E-state index is 11.9. The molecule has 0 aliphatic heterocycles. The van der Waals surface area contributed by atoms with E-state index in [2.05, 4.69) is 19.7 Å². The lowest BCUT2D eigenvalue weighted by Crippen LogP contribution is -2.26. The standard InChI is InChI=1S/C13H12N4OS/c1-8(15-13(18)9-6-14-19-7-9)12-16-10-4-2-3-5-11(10)17-12/h2-8H,1H3,(H,15,18)(H,16,17). The van der Waals surface area contributed by atoms with Crippen molar-refractivity contribution in [3.05, 3.63) is 47.2 Å². The number of para-hydroxylation sites is 2. The molecular weight excluding hydrogens is 260 g/mol. The molecule has 2 heterocycles. The summed E-state index contributed by atoms with van der Waals surface area (Å²) in [7, 11) is 0. The number of hydrogen-bond donors (Lipinski definition) is 2. The Kier molecular flexibility index (Phi) is 3.00. The van der Waals surface area contributed by atoms with Crippen molar-refractivity contribution >= 4 is 28.5 Å². The first-order chi connectivity index (χ1) is 9.24. The zero-order valence-corrected chi connectivity index (χ0v) is 11.1. The Morgan fingerprint density at radius 2 is 2.26 bits per heavy atom. The van der Waals surface area contributed by atoms with Gasteiger partial charge in [-0.05, 0) is 30.6 Å². The van der Waals surface area contributed by atoms with E-state index in [-0.39, 0.29) is 11.9 Å². The number of fused-ring (bicyclic) bond motifs is 1. The number of carbonyl (C=O) groups excluding carboxylic acids is 1. The van der Waals surface area contributed by atoms with Crippen LogP contribution in [0, 0.1) is 0 Å². The maximum absolute atomic E-state index is 11.9. The van der Waals surface area contributed by atoms with E-state index in [9.17, 15) is 4.79 Å². The van der Waals surface area contributed by atoms with E-state index in [1.165, 1.54) is 11.5 Å². The second-order valence-corrected chi connectivity index (χ2v) is 4.90. The van der Waals surface area contributed by atoms with Gasteiger partial charge in [0.1, 0.15) is 5.82 Å². The van der Waals surface area contributed by atoms with Gasteiger partial charge in [0.25, 0.3) is 5.91 Å². The third kappa shape index (κ3) is 2.34. The first-order valence-corrected chi connectivity index (χ1v) is 6.72. The van der Waals surface area contributed by atoms with E-state index < -0.39 is 0 Å². The van der Waals surface area contributed by atoms with Gasteiger partial charge in [0.15, 0.2) is 0 Å². The van der Waals surface area contributed by atoms with Gasteiger partial charge in [-0.1, -0.05) is 12.1 Å². The minimum absolute atomic E-state index is 0.137. The highest BCUT2D eigenvalue weighted by Crippen LogP contribution is 2.16. The van der Waals surface area contributed by atoms with Gasteiger partial charge in [-0.25, -0.2) is 9.36 Å². The average molecular weight is 272 g/mol. The number of rotatable bonds is 3. The van der Waals surface area contributed by atoms with Gasteiger partial charge in [-0.3, -0.25) is 4.79 Å². The molecule has 0 radical (unpaired) electrons. The summed E-state index contributed by atoms with van der Waals surface area (Å²) in [4.78, 5) is 19.6. The molecule has 1 amide bonds. The fourth-order valence-corrected chi connectivity index (χ4v) is 2.36. The van der Waals surface area contributed by atoms with Crippen LogP contribution in [-0.4, -0.2) is 20.2 Å². The molecule has 6 heteroatoms. The molecule has 2 aromatic heterocycles. The number of hydrogen-bond acceptors (Lipinski definition) is 4. The monoisotopic (exact) mass is 272 g/mol. The van der Waals surface area contributed by atoms with E-state index >= 15 is 0 Å². The normalized spacial score (nSPS) is 12.5. The maximum Gasteiger partial charge on any atom is 0.254 e. The smallest absolute Gasteiger partial charge is 0.254 e. The lowest BCUT2D eigenvalue weighted by Gasteiger charge is -2.10. The van der Waals surface area contributed by atoms with Crippen LogP contribution in [-0.2, 0) is 0 Å². The molecular formula is C13H12N4OS. The number of carbonyl (C=O) groups is 1. The van der Waals surface area contributed by atoms with Crippen LogP contribution >= 0.6 is 11.5 Å². The zero-order chi connectivity index (χ0) is 13.2. The van der Waals surface area contributed by atoms with Crippen LogP contribution in [0.2, 0.25) is 0 Å². The van der Waals surface area contributed by atoms with Crippen molar-refractivity contribution in [2.75, 3.05) is 0 Å². The number of imidazole rings is 1. The molecule has 96 valence electrons. The zero-order valence-electron chi connectivity index (χ0n) is 10.3. The summed E-state index contributed by atoms with van der Waals surface area (Å²) >= 11 is 1.26. The summed E-state index contributed by atoms with van der Waals surface area (Å²) in [5.74, 6) is 0.611. The van der Waals surface area contributed by atoms with Gasteiger partial charge in [-0.15, -0.1) is 0 Å². The Hall–Kier alpha value is -2.21. The third-order valence-corrected chi connectivity index (χ3v) is 3.45. The molecule has 0 spiro atoms. The highest BCUT2D eigenvalue weighted by Gasteiger charge is 2.15. The van der Waals surface area contributed by atoms with E-state index in [0.29, 0.717) is 5.56 Å². The molecule has 0 aliphatic rings. The first kappa shape index (κ1) is 11.9. The Balaban J connectivity index is 1.80. The number of nitrogens with zero attached hydrogens (tertiary/aromatic N) is 2. The summed E-state index contributed by atoms with van der Waals surface area (Å²) < 4.78 is 3.92. The lowest BCUT2D eigenvalue weighted by molar-refractivity contribution is 0.0938. The highest BCUT2D eigenvalue weighted by molar-refractivity contribution is 7.03. The summed E-state index contributed by atoms with van der Waals surface area (Å²) in [6.45, 7) is 1.90. The average Bonchev–Trinajstić information content (AvgIpc) is 3.07. The van der Waals surface area contributed by atoms with Gasteiger partial charge in [0.2, 0.25) is 0 Å². The molecule has 1 atom stereocenters. The van der Waals surface area contributed by atoms with Gasteiger partial charge in [-0.2, -0.15) is 0 Å². The van der Waals surface area contributed by atoms with E-state index in [4.69, 9.17) is 0 Å². The second-order valence-electron chi connectivity index (χ2n) is 4.25. The van der Waals surface area contributed by atoms with Gasteiger partial charge in [0, 0.05) is 5.38 Å². The van der Waals surface area contributed by atoms with Crippen molar-refractivity contribution in [1.82, 2.24) is 19.7 Å². The van der Waals surface area contributed by atoms with Crippen molar-refractivity contribution < 1.29 is 4.79 Å². The van der Waals surface area contributed by atoms with Crippen molar-refractivity contribution in [3.63, 3.8) is 0 Å². The van der Waals surface area contributed by atoms with Gasteiger partial charge < -0.3 is 10.3 Å². The SMILES string of the molecule is CC(NC(=O)c1cnsc1)c1nc2ccccc2[nH]1. The second kappa shape index (κ2) is 4.81. The van der Waals surface area contributed by atoms with Crippen molar-refractivity contribution in [1.29, 1.82) is 0 Å². The molecule has 0 bridgehead atoms. The fraction of sp³-hybridized carbons (Fsp3) is 0.154. The number of aromatic nitrogens is 3. The number of benzene rings is 1. The summed E-state index contributed by atoms with van der Waals surface area (Å²) in [6, 6.07) is 7.60. The third-order valence-electron chi connectivity index (χ3n) is 2.86. The van der Waals surface area contributed by atoms with Crippen LogP contribution in [0.4, 0.5) is 0 Å². The molecule has 1 aromatic carbocycles. The first-order valence-electron chi connectivity index (χ1n) is 5.89. The highest BCUT2D eigenvalue weighted by atomic mass is 32.1. The Bertz CT molecular complexity index is 671. The molecule has 3 rings (SSSR count). The molecule has 0 aliphatic carbocycles. The van der Waals surface area contributed by atoms with Crippen LogP contribution in [0.25, 0.3) is 11.0 Å². The van der Waals surface area contributed by atoms with Crippen LogP contribution in [0.3, 0.4) is 0 Å². The summed E-state index contributed by atoms with van der Waals surface area (Å²) in [5, 5.41) is 4.62. The molecule has 3 aromatic rings. The molecule has 1 unspecified atom stereocenters. The number of aromatic amines is 1. The Morgan fingerprint density at radius 3 is 3.00 bits per heavy atom. The molecule has 5 nitrogen and oxygen atoms in total. The molecule has 0 saturated carbocycles.